The molecule has 1 atom stereocenters. The molecule has 1 unspecified atom stereocenters. The van der Waals surface area contributed by atoms with Gasteiger partial charge in [-0.25, -0.2) is 0 Å². The van der Waals surface area contributed by atoms with Crippen LogP contribution in [-0.4, -0.2) is 17.2 Å². The van der Waals surface area contributed by atoms with Crippen molar-refractivity contribution in [2.75, 3.05) is 6.54 Å². The Hall–Kier alpha value is -1.61. The van der Waals surface area contributed by atoms with Gasteiger partial charge in [0.2, 0.25) is 0 Å². The van der Waals surface area contributed by atoms with Crippen LogP contribution in [0.15, 0.2) is 41.2 Å². The van der Waals surface area contributed by atoms with E-state index in [1.807, 2.05) is 34.9 Å². The molecule has 1 aromatic carbocycles. The average Bonchev–Trinajstić information content (AvgIpc) is 2.41. The van der Waals surface area contributed by atoms with Gasteiger partial charge in [-0.2, -0.15) is 0 Å². The summed E-state index contributed by atoms with van der Waals surface area (Å²) in [4.78, 5) is 11.9. The standard InChI is InChI=1S/C15H20N2O/c1-3-12(2)16-10-11-17-14-7-5-4-6-13(14)8-9-15(17)18/h4-9,12,16H,3,10-11H2,1-2H3. The summed E-state index contributed by atoms with van der Waals surface area (Å²) in [7, 11) is 0. The summed E-state index contributed by atoms with van der Waals surface area (Å²) >= 11 is 0. The van der Waals surface area contributed by atoms with Gasteiger partial charge in [-0.1, -0.05) is 25.1 Å². The van der Waals surface area contributed by atoms with E-state index in [1.165, 1.54) is 0 Å². The number of hydrogen-bond acceptors (Lipinski definition) is 2. The molecule has 0 saturated carbocycles. The predicted octanol–water partition coefficient (Wildman–Crippen LogP) is 2.39. The SMILES string of the molecule is CCC(C)NCCn1c(=O)ccc2ccccc21. The van der Waals surface area contributed by atoms with Crippen LogP contribution in [0.2, 0.25) is 0 Å². The maximum atomic E-state index is 11.9. The van der Waals surface area contributed by atoms with Crippen molar-refractivity contribution in [1.29, 1.82) is 0 Å². The number of benzene rings is 1. The summed E-state index contributed by atoms with van der Waals surface area (Å²) in [5.74, 6) is 0. The minimum absolute atomic E-state index is 0.0691. The van der Waals surface area contributed by atoms with E-state index in [4.69, 9.17) is 0 Å². The van der Waals surface area contributed by atoms with Gasteiger partial charge in [0, 0.05) is 25.2 Å². The first kappa shape index (κ1) is 12.8. The van der Waals surface area contributed by atoms with Crippen molar-refractivity contribution in [3.8, 4) is 0 Å². The number of pyridine rings is 1. The molecular weight excluding hydrogens is 224 g/mol. The number of nitrogens with zero attached hydrogens (tertiary/aromatic N) is 1. The zero-order valence-electron chi connectivity index (χ0n) is 11.0. The van der Waals surface area contributed by atoms with Crippen LogP contribution in [0.25, 0.3) is 10.9 Å². The summed E-state index contributed by atoms with van der Waals surface area (Å²) in [5.41, 5.74) is 1.08. The molecule has 2 aromatic rings. The molecule has 3 heteroatoms. The van der Waals surface area contributed by atoms with Crippen LogP contribution in [0.4, 0.5) is 0 Å². The number of para-hydroxylation sites is 1. The van der Waals surface area contributed by atoms with Crippen molar-refractivity contribution in [1.82, 2.24) is 9.88 Å². The second kappa shape index (κ2) is 5.83. The van der Waals surface area contributed by atoms with Gasteiger partial charge in [0.15, 0.2) is 0 Å². The Bertz CT molecular complexity index is 574. The van der Waals surface area contributed by atoms with Gasteiger partial charge >= 0.3 is 0 Å². The van der Waals surface area contributed by atoms with E-state index in [-0.39, 0.29) is 5.56 Å². The molecule has 1 aromatic heterocycles. The fourth-order valence-electron chi connectivity index (χ4n) is 2.04. The molecule has 2 rings (SSSR count). The van der Waals surface area contributed by atoms with Crippen molar-refractivity contribution in [3.63, 3.8) is 0 Å². The summed E-state index contributed by atoms with van der Waals surface area (Å²) in [6.07, 6.45) is 1.10. The number of rotatable bonds is 5. The van der Waals surface area contributed by atoms with Gasteiger partial charge in [-0.05, 0) is 30.9 Å². The van der Waals surface area contributed by atoms with Crippen molar-refractivity contribution in [2.24, 2.45) is 0 Å². The zero-order valence-corrected chi connectivity index (χ0v) is 11.0. The van der Waals surface area contributed by atoms with Crippen molar-refractivity contribution >= 4 is 10.9 Å². The second-order valence-corrected chi connectivity index (χ2v) is 4.65. The molecular formula is C15H20N2O. The summed E-state index contributed by atoms with van der Waals surface area (Å²) in [5, 5.41) is 4.52. The molecule has 0 fully saturated rings. The molecule has 0 aliphatic rings. The molecule has 0 saturated heterocycles. The maximum Gasteiger partial charge on any atom is 0.251 e. The maximum absolute atomic E-state index is 11.9. The second-order valence-electron chi connectivity index (χ2n) is 4.65. The topological polar surface area (TPSA) is 34.0 Å². The molecule has 1 N–H and O–H groups in total. The monoisotopic (exact) mass is 244 g/mol. The Kier molecular flexibility index (Phi) is 4.15. The number of fused-ring (bicyclic) bond motifs is 1. The Morgan fingerprint density at radius 3 is 2.78 bits per heavy atom. The highest BCUT2D eigenvalue weighted by molar-refractivity contribution is 5.78. The third-order valence-corrected chi connectivity index (χ3v) is 3.34. The Labute approximate surface area is 107 Å². The van der Waals surface area contributed by atoms with Gasteiger partial charge in [0.1, 0.15) is 0 Å². The third kappa shape index (κ3) is 2.79. The molecule has 0 amide bonds. The largest absolute Gasteiger partial charge is 0.312 e. The Morgan fingerprint density at radius 1 is 1.22 bits per heavy atom. The van der Waals surface area contributed by atoms with E-state index in [0.29, 0.717) is 12.6 Å². The fourth-order valence-corrected chi connectivity index (χ4v) is 2.04. The summed E-state index contributed by atoms with van der Waals surface area (Å²) in [6, 6.07) is 12.0. The van der Waals surface area contributed by atoms with Crippen molar-refractivity contribution in [3.05, 3.63) is 46.8 Å². The lowest BCUT2D eigenvalue weighted by Crippen LogP contribution is -2.31. The Balaban J connectivity index is 2.21. The molecule has 0 radical (unpaired) electrons. The van der Waals surface area contributed by atoms with Gasteiger partial charge in [0.25, 0.3) is 5.56 Å². The zero-order chi connectivity index (χ0) is 13.0. The van der Waals surface area contributed by atoms with E-state index in [1.54, 1.807) is 6.07 Å². The number of nitrogens with one attached hydrogen (secondary N) is 1. The molecule has 0 bridgehead atoms. The van der Waals surface area contributed by atoms with Crippen LogP contribution in [0, 0.1) is 0 Å². The van der Waals surface area contributed by atoms with Crippen LogP contribution in [0.3, 0.4) is 0 Å². The van der Waals surface area contributed by atoms with E-state index >= 15 is 0 Å². The molecule has 0 aliphatic carbocycles. The van der Waals surface area contributed by atoms with Crippen LogP contribution >= 0.6 is 0 Å². The lowest BCUT2D eigenvalue weighted by atomic mass is 10.2. The number of hydrogen-bond donors (Lipinski definition) is 1. The minimum atomic E-state index is 0.0691. The molecule has 0 spiro atoms. The van der Waals surface area contributed by atoms with Crippen LogP contribution in [-0.2, 0) is 6.54 Å². The lowest BCUT2D eigenvalue weighted by Gasteiger charge is -2.13. The van der Waals surface area contributed by atoms with Gasteiger partial charge < -0.3 is 9.88 Å². The molecule has 1 heterocycles. The van der Waals surface area contributed by atoms with Crippen LogP contribution in [0.1, 0.15) is 20.3 Å². The highest BCUT2D eigenvalue weighted by Crippen LogP contribution is 2.10. The summed E-state index contributed by atoms with van der Waals surface area (Å²) in [6.45, 7) is 5.85. The molecule has 3 nitrogen and oxygen atoms in total. The third-order valence-electron chi connectivity index (χ3n) is 3.34. The lowest BCUT2D eigenvalue weighted by molar-refractivity contribution is 0.505. The highest BCUT2D eigenvalue weighted by atomic mass is 16.1. The average molecular weight is 244 g/mol. The van der Waals surface area contributed by atoms with Gasteiger partial charge in [-0.15, -0.1) is 0 Å². The number of aromatic nitrogens is 1. The van der Waals surface area contributed by atoms with Crippen LogP contribution in [0.5, 0.6) is 0 Å². The fraction of sp³-hybridized carbons (Fsp3) is 0.400. The molecule has 96 valence electrons. The summed E-state index contributed by atoms with van der Waals surface area (Å²) < 4.78 is 1.84. The van der Waals surface area contributed by atoms with Crippen molar-refractivity contribution in [2.45, 2.75) is 32.9 Å². The predicted molar refractivity (Wildman–Crippen MR) is 76.0 cm³/mol. The quantitative estimate of drug-likeness (QED) is 0.876. The van der Waals surface area contributed by atoms with Gasteiger partial charge in [0.05, 0.1) is 5.52 Å². The Morgan fingerprint density at radius 2 is 2.00 bits per heavy atom. The van der Waals surface area contributed by atoms with E-state index < -0.39 is 0 Å². The molecule has 18 heavy (non-hydrogen) atoms. The smallest absolute Gasteiger partial charge is 0.251 e. The highest BCUT2D eigenvalue weighted by Gasteiger charge is 2.03. The first-order chi connectivity index (χ1) is 8.72. The van der Waals surface area contributed by atoms with E-state index in [2.05, 4.69) is 19.2 Å². The van der Waals surface area contributed by atoms with E-state index in [9.17, 15) is 4.79 Å². The first-order valence-corrected chi connectivity index (χ1v) is 6.54. The minimum Gasteiger partial charge on any atom is -0.312 e. The van der Waals surface area contributed by atoms with Crippen LogP contribution < -0.4 is 10.9 Å². The molecule has 0 aliphatic heterocycles. The normalized spacial score (nSPS) is 12.8. The van der Waals surface area contributed by atoms with Gasteiger partial charge in [-0.3, -0.25) is 4.79 Å². The van der Waals surface area contributed by atoms with Crippen molar-refractivity contribution < 1.29 is 0 Å². The van der Waals surface area contributed by atoms with E-state index in [0.717, 1.165) is 23.9 Å². The first-order valence-electron chi connectivity index (χ1n) is 6.54.